The first-order chi connectivity index (χ1) is 14.1. The molecule has 3 rings (SSSR count). The highest BCUT2D eigenvalue weighted by Crippen LogP contribution is 2.25. The summed E-state index contributed by atoms with van der Waals surface area (Å²) in [7, 11) is 0. The van der Waals surface area contributed by atoms with Crippen LogP contribution in [0.3, 0.4) is 0 Å². The molecule has 2 N–H and O–H groups in total. The van der Waals surface area contributed by atoms with E-state index in [1.165, 1.54) is 6.42 Å². The summed E-state index contributed by atoms with van der Waals surface area (Å²) in [6.45, 7) is 1.69. The van der Waals surface area contributed by atoms with Gasteiger partial charge in [-0.3, -0.25) is 9.59 Å². The number of amides is 2. The molecule has 0 heterocycles. The van der Waals surface area contributed by atoms with E-state index in [1.54, 1.807) is 19.1 Å². The molecule has 1 aliphatic carbocycles. The van der Waals surface area contributed by atoms with Gasteiger partial charge in [0.2, 0.25) is 5.91 Å². The number of para-hydroxylation sites is 1. The Hall–Kier alpha value is -3.15. The van der Waals surface area contributed by atoms with Crippen LogP contribution < -0.4 is 15.5 Å². The second kappa shape index (κ2) is 10.4. The number of anilines is 1. The number of carbonyl (C=O) groups is 2. The van der Waals surface area contributed by atoms with Crippen molar-refractivity contribution in [1.82, 2.24) is 5.43 Å². The molecule has 0 radical (unpaired) electrons. The van der Waals surface area contributed by atoms with E-state index in [0.717, 1.165) is 36.9 Å². The lowest BCUT2D eigenvalue weighted by Gasteiger charge is -2.20. The number of nitrogens with zero attached hydrogens (tertiary/aromatic N) is 1. The van der Waals surface area contributed by atoms with Crippen LogP contribution in [-0.4, -0.2) is 24.1 Å². The quantitative estimate of drug-likeness (QED) is 0.548. The topological polar surface area (TPSA) is 79.8 Å². The fourth-order valence-corrected chi connectivity index (χ4v) is 3.34. The Morgan fingerprint density at radius 1 is 1.03 bits per heavy atom. The minimum absolute atomic E-state index is 0.0859. The van der Waals surface area contributed by atoms with E-state index in [2.05, 4.69) is 15.8 Å². The van der Waals surface area contributed by atoms with Crippen LogP contribution in [0.2, 0.25) is 0 Å². The minimum atomic E-state index is -0.338. The maximum atomic E-state index is 12.4. The van der Waals surface area contributed by atoms with Crippen molar-refractivity contribution in [3.63, 3.8) is 0 Å². The van der Waals surface area contributed by atoms with Crippen molar-refractivity contribution in [3.05, 3.63) is 60.2 Å². The highest BCUT2D eigenvalue weighted by molar-refractivity contribution is 6.01. The van der Waals surface area contributed by atoms with Crippen LogP contribution in [-0.2, 0) is 9.59 Å². The van der Waals surface area contributed by atoms with Crippen molar-refractivity contribution in [2.75, 3.05) is 11.9 Å². The number of carbonyl (C=O) groups excluding carboxylic acids is 2. The third-order valence-corrected chi connectivity index (χ3v) is 4.99. The predicted octanol–water partition coefficient (Wildman–Crippen LogP) is 4.12. The number of hydrogen-bond donors (Lipinski definition) is 2. The van der Waals surface area contributed by atoms with Gasteiger partial charge in [-0.25, -0.2) is 5.43 Å². The van der Waals surface area contributed by atoms with Crippen molar-refractivity contribution < 1.29 is 14.3 Å². The molecule has 29 heavy (non-hydrogen) atoms. The third-order valence-electron chi connectivity index (χ3n) is 4.99. The van der Waals surface area contributed by atoms with Crippen LogP contribution in [0.15, 0.2) is 59.7 Å². The van der Waals surface area contributed by atoms with Gasteiger partial charge in [0.05, 0.1) is 5.71 Å². The fraction of sp³-hybridized carbons (Fsp3) is 0.348. The van der Waals surface area contributed by atoms with Gasteiger partial charge in [-0.2, -0.15) is 5.10 Å². The van der Waals surface area contributed by atoms with Crippen LogP contribution in [0, 0.1) is 5.92 Å². The fourth-order valence-electron chi connectivity index (χ4n) is 3.34. The monoisotopic (exact) mass is 393 g/mol. The minimum Gasteiger partial charge on any atom is -0.484 e. The molecule has 0 unspecified atom stereocenters. The normalized spacial score (nSPS) is 14.9. The maximum Gasteiger partial charge on any atom is 0.277 e. The predicted molar refractivity (Wildman–Crippen MR) is 114 cm³/mol. The van der Waals surface area contributed by atoms with Crippen LogP contribution in [0.4, 0.5) is 5.69 Å². The molecule has 0 aliphatic heterocycles. The number of ether oxygens (including phenoxy) is 1. The Morgan fingerprint density at radius 2 is 1.79 bits per heavy atom. The van der Waals surface area contributed by atoms with E-state index in [0.29, 0.717) is 11.5 Å². The molecular weight excluding hydrogens is 366 g/mol. The zero-order valence-corrected chi connectivity index (χ0v) is 16.7. The van der Waals surface area contributed by atoms with Crippen molar-refractivity contribution in [2.45, 2.75) is 39.0 Å². The SMILES string of the molecule is C/C(=N/NC(=O)COc1ccccc1)c1cccc(NC(=O)C2CCCCC2)c1. The lowest BCUT2D eigenvalue weighted by molar-refractivity contribution is -0.123. The van der Waals surface area contributed by atoms with E-state index in [4.69, 9.17) is 4.74 Å². The summed E-state index contributed by atoms with van der Waals surface area (Å²) in [6.07, 6.45) is 5.39. The smallest absolute Gasteiger partial charge is 0.277 e. The molecule has 6 nitrogen and oxygen atoms in total. The van der Waals surface area contributed by atoms with E-state index < -0.39 is 0 Å². The molecule has 0 spiro atoms. The highest BCUT2D eigenvalue weighted by Gasteiger charge is 2.21. The molecule has 1 fully saturated rings. The highest BCUT2D eigenvalue weighted by atomic mass is 16.5. The zero-order valence-electron chi connectivity index (χ0n) is 16.7. The zero-order chi connectivity index (χ0) is 20.5. The van der Waals surface area contributed by atoms with Gasteiger partial charge >= 0.3 is 0 Å². The van der Waals surface area contributed by atoms with E-state index in [1.807, 2.05) is 42.5 Å². The van der Waals surface area contributed by atoms with Gasteiger partial charge in [-0.1, -0.05) is 49.6 Å². The largest absolute Gasteiger partial charge is 0.484 e. The van der Waals surface area contributed by atoms with Gasteiger partial charge in [0, 0.05) is 11.6 Å². The number of hydrogen-bond acceptors (Lipinski definition) is 4. The van der Waals surface area contributed by atoms with Gasteiger partial charge in [0.15, 0.2) is 6.61 Å². The Labute approximate surface area is 171 Å². The van der Waals surface area contributed by atoms with Crippen molar-refractivity contribution in [1.29, 1.82) is 0 Å². The lowest BCUT2D eigenvalue weighted by atomic mass is 9.88. The Kier molecular flexibility index (Phi) is 7.39. The average molecular weight is 393 g/mol. The summed E-state index contributed by atoms with van der Waals surface area (Å²) in [5, 5.41) is 7.15. The molecule has 0 atom stereocenters. The first-order valence-electron chi connectivity index (χ1n) is 10.0. The summed E-state index contributed by atoms with van der Waals surface area (Å²) in [5.41, 5.74) is 4.72. The third kappa shape index (κ3) is 6.45. The van der Waals surface area contributed by atoms with Gasteiger partial charge in [-0.15, -0.1) is 0 Å². The van der Waals surface area contributed by atoms with E-state index in [-0.39, 0.29) is 24.3 Å². The number of hydrazone groups is 1. The summed E-state index contributed by atoms with van der Waals surface area (Å²) < 4.78 is 5.40. The second-order valence-corrected chi connectivity index (χ2v) is 7.24. The molecular formula is C23H27N3O3. The molecule has 2 amide bonds. The Balaban J connectivity index is 1.53. The van der Waals surface area contributed by atoms with Crippen molar-refractivity contribution >= 4 is 23.2 Å². The van der Waals surface area contributed by atoms with Crippen LogP contribution in [0.25, 0.3) is 0 Å². The van der Waals surface area contributed by atoms with Gasteiger partial charge in [0.1, 0.15) is 5.75 Å². The number of rotatable bonds is 7. The molecule has 6 heteroatoms. The van der Waals surface area contributed by atoms with Gasteiger partial charge in [-0.05, 0) is 49.6 Å². The van der Waals surface area contributed by atoms with E-state index in [9.17, 15) is 9.59 Å². The first-order valence-corrected chi connectivity index (χ1v) is 10.0. The molecule has 152 valence electrons. The van der Waals surface area contributed by atoms with Crippen LogP contribution in [0.5, 0.6) is 5.75 Å². The summed E-state index contributed by atoms with van der Waals surface area (Å²) in [4.78, 5) is 24.4. The number of nitrogens with one attached hydrogen (secondary N) is 2. The van der Waals surface area contributed by atoms with Crippen molar-refractivity contribution in [2.24, 2.45) is 11.0 Å². The van der Waals surface area contributed by atoms with Crippen molar-refractivity contribution in [3.8, 4) is 5.75 Å². The Bertz CT molecular complexity index is 859. The van der Waals surface area contributed by atoms with E-state index >= 15 is 0 Å². The molecule has 0 saturated heterocycles. The second-order valence-electron chi connectivity index (χ2n) is 7.24. The maximum absolute atomic E-state index is 12.4. The average Bonchev–Trinajstić information content (AvgIpc) is 2.77. The summed E-state index contributed by atoms with van der Waals surface area (Å²) in [6, 6.07) is 16.6. The molecule has 2 aromatic carbocycles. The first kappa shape index (κ1) is 20.6. The summed E-state index contributed by atoms with van der Waals surface area (Å²) in [5.74, 6) is 0.480. The number of benzene rings is 2. The Morgan fingerprint density at radius 3 is 2.55 bits per heavy atom. The standard InChI is InChI=1S/C23H27N3O3/c1-17(25-26-22(27)16-29-21-13-6-3-7-14-21)19-11-8-12-20(15-19)24-23(28)18-9-4-2-5-10-18/h3,6-8,11-15,18H,2,4-5,9-10,16H2,1H3,(H,24,28)(H,26,27)/b25-17-. The summed E-state index contributed by atoms with van der Waals surface area (Å²) >= 11 is 0. The van der Waals surface area contributed by atoms with Crippen LogP contribution in [0.1, 0.15) is 44.6 Å². The molecule has 1 saturated carbocycles. The van der Waals surface area contributed by atoms with Crippen LogP contribution >= 0.6 is 0 Å². The molecule has 2 aromatic rings. The molecule has 0 bridgehead atoms. The molecule has 1 aliphatic rings. The van der Waals surface area contributed by atoms with Gasteiger partial charge in [0.25, 0.3) is 5.91 Å². The molecule has 0 aromatic heterocycles. The van der Waals surface area contributed by atoms with Gasteiger partial charge < -0.3 is 10.1 Å². The lowest BCUT2D eigenvalue weighted by Crippen LogP contribution is -2.26.